The minimum absolute atomic E-state index is 0.0746. The molecule has 0 aliphatic carbocycles. The van der Waals surface area contributed by atoms with Crippen LogP contribution in [0.3, 0.4) is 0 Å². The fourth-order valence-electron chi connectivity index (χ4n) is 1.67. The van der Waals surface area contributed by atoms with E-state index in [0.717, 1.165) is 12.1 Å². The lowest BCUT2D eigenvalue weighted by Gasteiger charge is -2.09. The van der Waals surface area contributed by atoms with Crippen LogP contribution in [-0.4, -0.2) is 16.1 Å². The van der Waals surface area contributed by atoms with Crippen LogP contribution in [0, 0.1) is 18.6 Å². The molecule has 0 atom stereocenters. The zero-order chi connectivity index (χ0) is 15.0. The van der Waals surface area contributed by atoms with Crippen LogP contribution in [0.15, 0.2) is 18.2 Å². The van der Waals surface area contributed by atoms with Crippen molar-refractivity contribution in [1.29, 1.82) is 0 Å². The number of rotatable bonds is 2. The number of carboxylic acids is 1. The predicted octanol–water partition coefficient (Wildman–Crippen LogP) is 3.27. The van der Waals surface area contributed by atoms with E-state index in [1.165, 1.54) is 13.0 Å². The zero-order valence-corrected chi connectivity index (χ0v) is 11.0. The molecule has 1 aromatic heterocycles. The van der Waals surface area contributed by atoms with Crippen molar-refractivity contribution in [3.05, 3.63) is 46.1 Å². The number of halogens is 3. The molecule has 0 fully saturated rings. The summed E-state index contributed by atoms with van der Waals surface area (Å²) < 4.78 is 27.4. The average molecular weight is 299 g/mol. The van der Waals surface area contributed by atoms with Gasteiger partial charge in [0.1, 0.15) is 11.6 Å². The van der Waals surface area contributed by atoms with Gasteiger partial charge in [-0.15, -0.1) is 0 Å². The highest BCUT2D eigenvalue weighted by atomic mass is 35.5. The highest BCUT2D eigenvalue weighted by Gasteiger charge is 2.18. The Balaban J connectivity index is 2.71. The lowest BCUT2D eigenvalue weighted by Crippen LogP contribution is -2.06. The van der Waals surface area contributed by atoms with E-state index in [4.69, 9.17) is 22.4 Å². The van der Waals surface area contributed by atoms with Gasteiger partial charge in [0.2, 0.25) is 0 Å². The van der Waals surface area contributed by atoms with Crippen molar-refractivity contribution in [2.45, 2.75) is 6.92 Å². The monoisotopic (exact) mass is 298 g/mol. The Bertz CT molecular complexity index is 720. The third kappa shape index (κ3) is 2.42. The smallest absolute Gasteiger partial charge is 0.356 e. The van der Waals surface area contributed by atoms with Gasteiger partial charge in [-0.3, -0.25) is 0 Å². The molecule has 1 aromatic carbocycles. The number of aromatic nitrogens is 1. The third-order valence-corrected chi connectivity index (χ3v) is 3.11. The van der Waals surface area contributed by atoms with Crippen molar-refractivity contribution in [3.63, 3.8) is 0 Å². The Morgan fingerprint density at radius 3 is 2.55 bits per heavy atom. The molecule has 2 aromatic rings. The maximum atomic E-state index is 13.9. The van der Waals surface area contributed by atoms with E-state index in [2.05, 4.69) is 4.98 Å². The van der Waals surface area contributed by atoms with Gasteiger partial charge in [-0.2, -0.15) is 0 Å². The summed E-state index contributed by atoms with van der Waals surface area (Å²) in [5.74, 6) is -2.76. The van der Waals surface area contributed by atoms with Gasteiger partial charge in [0.25, 0.3) is 0 Å². The van der Waals surface area contributed by atoms with E-state index in [0.29, 0.717) is 0 Å². The van der Waals surface area contributed by atoms with Crippen molar-refractivity contribution in [1.82, 2.24) is 4.98 Å². The second kappa shape index (κ2) is 5.05. The topological polar surface area (TPSA) is 76.2 Å². The van der Waals surface area contributed by atoms with Crippen LogP contribution in [0.1, 0.15) is 16.1 Å². The molecule has 2 rings (SSSR count). The van der Waals surface area contributed by atoms with Gasteiger partial charge in [0.15, 0.2) is 5.69 Å². The molecule has 0 aliphatic rings. The Morgan fingerprint density at radius 2 is 1.95 bits per heavy atom. The number of aryl methyl sites for hydroxylation is 1. The fraction of sp³-hybridized carbons (Fsp3) is 0.0769. The normalized spacial score (nSPS) is 10.6. The van der Waals surface area contributed by atoms with Gasteiger partial charge >= 0.3 is 5.97 Å². The Hall–Kier alpha value is -2.21. The van der Waals surface area contributed by atoms with Crippen molar-refractivity contribution in [2.75, 3.05) is 5.73 Å². The summed E-state index contributed by atoms with van der Waals surface area (Å²) in [4.78, 5) is 14.7. The van der Waals surface area contributed by atoms with Crippen LogP contribution in [0.2, 0.25) is 5.02 Å². The van der Waals surface area contributed by atoms with Gasteiger partial charge < -0.3 is 10.8 Å². The first-order valence-corrected chi connectivity index (χ1v) is 5.84. The molecule has 7 heteroatoms. The molecule has 0 bridgehead atoms. The first-order chi connectivity index (χ1) is 9.31. The van der Waals surface area contributed by atoms with Crippen molar-refractivity contribution < 1.29 is 18.7 Å². The number of pyridine rings is 1. The molecular formula is C13H9ClF2N2O2. The molecule has 0 spiro atoms. The van der Waals surface area contributed by atoms with Crippen LogP contribution < -0.4 is 5.73 Å². The van der Waals surface area contributed by atoms with Crippen LogP contribution >= 0.6 is 11.6 Å². The second-order valence-corrected chi connectivity index (χ2v) is 4.52. The summed E-state index contributed by atoms with van der Waals surface area (Å²) in [5.41, 5.74) is 4.83. The number of nitrogens with zero attached hydrogens (tertiary/aromatic N) is 1. The number of carbonyl (C=O) groups is 1. The van der Waals surface area contributed by atoms with Gasteiger partial charge in [-0.1, -0.05) is 11.6 Å². The fourth-order valence-corrected chi connectivity index (χ4v) is 1.85. The highest BCUT2D eigenvalue weighted by Crippen LogP contribution is 2.30. The number of hydrogen-bond acceptors (Lipinski definition) is 3. The number of nitrogen functional groups attached to an aromatic ring is 1. The lowest BCUT2D eigenvalue weighted by molar-refractivity contribution is 0.0691. The molecule has 3 N–H and O–H groups in total. The van der Waals surface area contributed by atoms with E-state index in [1.807, 2.05) is 0 Å². The van der Waals surface area contributed by atoms with E-state index in [-0.39, 0.29) is 27.5 Å². The second-order valence-electron chi connectivity index (χ2n) is 4.15. The largest absolute Gasteiger partial charge is 0.476 e. The minimum Gasteiger partial charge on any atom is -0.476 e. The maximum absolute atomic E-state index is 13.9. The summed E-state index contributed by atoms with van der Waals surface area (Å²) >= 11 is 5.71. The quantitative estimate of drug-likeness (QED) is 0.892. The zero-order valence-electron chi connectivity index (χ0n) is 10.2. The molecule has 0 unspecified atom stereocenters. The summed E-state index contributed by atoms with van der Waals surface area (Å²) in [6.45, 7) is 1.41. The summed E-state index contributed by atoms with van der Waals surface area (Å²) in [6, 6.07) is 3.13. The van der Waals surface area contributed by atoms with Crippen molar-refractivity contribution in [3.8, 4) is 11.3 Å². The van der Waals surface area contributed by atoms with Gasteiger partial charge in [-0.25, -0.2) is 18.6 Å². The first-order valence-electron chi connectivity index (χ1n) is 5.46. The Morgan fingerprint density at radius 1 is 1.30 bits per heavy atom. The molecule has 0 aliphatic heterocycles. The van der Waals surface area contributed by atoms with E-state index in [1.54, 1.807) is 0 Å². The van der Waals surface area contributed by atoms with E-state index >= 15 is 0 Å². The molecule has 20 heavy (non-hydrogen) atoms. The lowest BCUT2D eigenvalue weighted by atomic mass is 10.1. The number of aromatic carboxylic acids is 1. The summed E-state index contributed by atoms with van der Waals surface area (Å²) in [7, 11) is 0. The van der Waals surface area contributed by atoms with Crippen LogP contribution in [-0.2, 0) is 0 Å². The van der Waals surface area contributed by atoms with Gasteiger partial charge in [0.05, 0.1) is 16.4 Å². The van der Waals surface area contributed by atoms with Gasteiger partial charge in [0, 0.05) is 5.56 Å². The average Bonchev–Trinajstić information content (AvgIpc) is 2.36. The predicted molar refractivity (Wildman–Crippen MR) is 70.7 cm³/mol. The minimum atomic E-state index is -1.41. The number of carboxylic acid groups (broad SMARTS) is 1. The number of benzene rings is 1. The first kappa shape index (κ1) is 14.2. The standard InChI is InChI=1S/C13H9ClF2N2O2/c1-5-2-8(16)6(3-7(5)15)10-4-9(17)11(14)12(18-10)13(19)20/h2-4H,1H3,(H2,17,18)(H,19,20). The maximum Gasteiger partial charge on any atom is 0.356 e. The SMILES string of the molecule is Cc1cc(F)c(-c2cc(N)c(Cl)c(C(=O)O)n2)cc1F. The molecule has 4 nitrogen and oxygen atoms in total. The molecular weight excluding hydrogens is 290 g/mol. The van der Waals surface area contributed by atoms with Crippen LogP contribution in [0.25, 0.3) is 11.3 Å². The molecule has 0 saturated heterocycles. The highest BCUT2D eigenvalue weighted by molar-refractivity contribution is 6.35. The molecule has 0 radical (unpaired) electrons. The van der Waals surface area contributed by atoms with Crippen molar-refractivity contribution in [2.24, 2.45) is 0 Å². The van der Waals surface area contributed by atoms with E-state index in [9.17, 15) is 13.6 Å². The number of nitrogens with two attached hydrogens (primary N) is 1. The third-order valence-electron chi connectivity index (χ3n) is 2.71. The Labute approximate surface area is 117 Å². The molecule has 1 heterocycles. The number of hydrogen-bond donors (Lipinski definition) is 2. The van der Waals surface area contributed by atoms with Crippen LogP contribution in [0.5, 0.6) is 0 Å². The van der Waals surface area contributed by atoms with E-state index < -0.39 is 23.3 Å². The Kier molecular flexibility index (Phi) is 3.59. The molecule has 104 valence electrons. The summed E-state index contributed by atoms with van der Waals surface area (Å²) in [6.07, 6.45) is 0. The van der Waals surface area contributed by atoms with Crippen molar-refractivity contribution >= 4 is 23.3 Å². The van der Waals surface area contributed by atoms with Crippen LogP contribution in [0.4, 0.5) is 14.5 Å². The molecule has 0 saturated carbocycles. The molecule has 0 amide bonds. The number of anilines is 1. The summed E-state index contributed by atoms with van der Waals surface area (Å²) in [5, 5.41) is 8.72. The van der Waals surface area contributed by atoms with Gasteiger partial charge in [-0.05, 0) is 30.7 Å².